The number of nitrogens with zero attached hydrogens (tertiary/aromatic N) is 1. The van der Waals surface area contributed by atoms with Crippen molar-refractivity contribution >= 4 is 0 Å². The molecule has 0 saturated carbocycles. The maximum atomic E-state index is 6.63. The Kier molecular flexibility index (Phi) is 9.11. The van der Waals surface area contributed by atoms with Crippen molar-refractivity contribution < 1.29 is 9.47 Å². The lowest BCUT2D eigenvalue weighted by molar-refractivity contribution is -0.0720. The third-order valence-corrected chi connectivity index (χ3v) is 6.55. The van der Waals surface area contributed by atoms with Crippen LogP contribution in [0.2, 0.25) is 0 Å². The van der Waals surface area contributed by atoms with Crippen LogP contribution in [-0.4, -0.2) is 29.7 Å². The fraction of sp³-hybridized carbons (Fsp3) is 0.400. The van der Waals surface area contributed by atoms with Gasteiger partial charge in [0, 0.05) is 19.1 Å². The lowest BCUT2D eigenvalue weighted by atomic mass is 10.0. The van der Waals surface area contributed by atoms with E-state index in [9.17, 15) is 0 Å². The van der Waals surface area contributed by atoms with Crippen LogP contribution in [0.3, 0.4) is 0 Å². The molecule has 3 nitrogen and oxygen atoms in total. The van der Waals surface area contributed by atoms with Gasteiger partial charge in [-0.15, -0.1) is 0 Å². The van der Waals surface area contributed by atoms with Gasteiger partial charge in [0.25, 0.3) is 0 Å². The van der Waals surface area contributed by atoms with E-state index in [1.807, 2.05) is 0 Å². The summed E-state index contributed by atoms with van der Waals surface area (Å²) in [7, 11) is 0. The number of rotatable bonds is 12. The SMILES string of the molecule is CCCCCC1[C@@H](OCc2ccccc2)[C@H](OCc2ccccc2)CN1Cc1ccccc1. The first-order valence-electron chi connectivity index (χ1n) is 12.4. The minimum absolute atomic E-state index is 0.0595. The highest BCUT2D eigenvalue weighted by atomic mass is 16.5. The Morgan fingerprint density at radius 3 is 1.82 bits per heavy atom. The van der Waals surface area contributed by atoms with Gasteiger partial charge >= 0.3 is 0 Å². The normalized spacial score (nSPS) is 20.8. The van der Waals surface area contributed by atoms with Crippen LogP contribution >= 0.6 is 0 Å². The van der Waals surface area contributed by atoms with E-state index in [1.165, 1.54) is 36.0 Å². The molecule has 1 aliphatic heterocycles. The van der Waals surface area contributed by atoms with E-state index in [0.29, 0.717) is 19.3 Å². The molecule has 33 heavy (non-hydrogen) atoms. The second kappa shape index (κ2) is 12.7. The number of likely N-dealkylation sites (tertiary alicyclic amines) is 1. The zero-order chi connectivity index (χ0) is 22.7. The fourth-order valence-electron chi connectivity index (χ4n) is 4.79. The van der Waals surface area contributed by atoms with Gasteiger partial charge in [-0.25, -0.2) is 0 Å². The second-order valence-electron chi connectivity index (χ2n) is 9.07. The molecule has 0 aromatic heterocycles. The summed E-state index contributed by atoms with van der Waals surface area (Å²) in [5, 5.41) is 0. The average Bonchev–Trinajstić information content (AvgIpc) is 3.19. The summed E-state index contributed by atoms with van der Waals surface area (Å²) in [5.41, 5.74) is 3.78. The van der Waals surface area contributed by atoms with E-state index in [0.717, 1.165) is 19.5 Å². The Bertz CT molecular complexity index is 916. The number of ether oxygens (including phenoxy) is 2. The van der Waals surface area contributed by atoms with Crippen LogP contribution in [0.15, 0.2) is 91.0 Å². The lowest BCUT2D eigenvalue weighted by Crippen LogP contribution is -2.38. The third kappa shape index (κ3) is 7.01. The van der Waals surface area contributed by atoms with Crippen molar-refractivity contribution in [2.24, 2.45) is 0 Å². The second-order valence-corrected chi connectivity index (χ2v) is 9.07. The molecule has 0 aliphatic carbocycles. The molecule has 174 valence electrons. The van der Waals surface area contributed by atoms with Gasteiger partial charge in [0.05, 0.1) is 19.3 Å². The monoisotopic (exact) mass is 443 g/mol. The molecule has 0 radical (unpaired) electrons. The fourth-order valence-corrected chi connectivity index (χ4v) is 4.79. The smallest absolute Gasteiger partial charge is 0.101 e. The molecule has 1 heterocycles. The summed E-state index contributed by atoms with van der Waals surface area (Å²) < 4.78 is 13.2. The summed E-state index contributed by atoms with van der Waals surface area (Å²) in [6.07, 6.45) is 4.98. The van der Waals surface area contributed by atoms with Crippen molar-refractivity contribution in [3.05, 3.63) is 108 Å². The van der Waals surface area contributed by atoms with Crippen molar-refractivity contribution in [3.63, 3.8) is 0 Å². The largest absolute Gasteiger partial charge is 0.369 e. The summed E-state index contributed by atoms with van der Waals surface area (Å²) in [6, 6.07) is 32.1. The molecular formula is C30H37NO2. The third-order valence-electron chi connectivity index (χ3n) is 6.55. The van der Waals surface area contributed by atoms with Gasteiger partial charge in [-0.05, 0) is 23.1 Å². The van der Waals surface area contributed by atoms with E-state index in [2.05, 4.69) is 103 Å². The van der Waals surface area contributed by atoms with Crippen molar-refractivity contribution in [2.45, 2.75) is 70.6 Å². The van der Waals surface area contributed by atoms with Gasteiger partial charge in [0.2, 0.25) is 0 Å². The lowest BCUT2D eigenvalue weighted by Gasteiger charge is -2.29. The zero-order valence-corrected chi connectivity index (χ0v) is 19.8. The minimum Gasteiger partial charge on any atom is -0.369 e. The molecule has 4 rings (SSSR count). The van der Waals surface area contributed by atoms with Crippen LogP contribution in [0.25, 0.3) is 0 Å². The van der Waals surface area contributed by atoms with E-state index >= 15 is 0 Å². The van der Waals surface area contributed by atoms with E-state index in [-0.39, 0.29) is 12.2 Å². The Morgan fingerprint density at radius 1 is 0.697 bits per heavy atom. The van der Waals surface area contributed by atoms with E-state index in [1.54, 1.807) is 0 Å². The zero-order valence-electron chi connectivity index (χ0n) is 19.8. The number of unbranched alkanes of at least 4 members (excludes halogenated alkanes) is 2. The Morgan fingerprint density at radius 2 is 1.24 bits per heavy atom. The van der Waals surface area contributed by atoms with Gasteiger partial charge in [-0.2, -0.15) is 0 Å². The molecular weight excluding hydrogens is 406 g/mol. The summed E-state index contributed by atoms with van der Waals surface area (Å²) in [6.45, 7) is 5.36. The standard InChI is InChI=1S/C30H37NO2/c1-2-3-7-20-28-30(33-24-27-18-12-6-13-19-27)29(32-23-26-16-10-5-11-17-26)22-31(28)21-25-14-8-4-9-15-25/h4-6,8-19,28-30H,2-3,7,20-24H2,1H3/t28?,29-,30-/m1/s1. The van der Waals surface area contributed by atoms with Gasteiger partial charge in [0.15, 0.2) is 0 Å². The molecule has 3 aromatic carbocycles. The quantitative estimate of drug-likeness (QED) is 0.294. The van der Waals surface area contributed by atoms with E-state index in [4.69, 9.17) is 9.47 Å². The van der Waals surface area contributed by atoms with Gasteiger partial charge in [-0.1, -0.05) is 117 Å². The predicted octanol–water partition coefficient (Wildman–Crippen LogP) is 6.62. The molecule has 0 amide bonds. The van der Waals surface area contributed by atoms with Crippen molar-refractivity contribution in [1.82, 2.24) is 4.90 Å². The van der Waals surface area contributed by atoms with Crippen LogP contribution in [0.4, 0.5) is 0 Å². The van der Waals surface area contributed by atoms with Crippen molar-refractivity contribution in [3.8, 4) is 0 Å². The van der Waals surface area contributed by atoms with E-state index < -0.39 is 0 Å². The summed E-state index contributed by atoms with van der Waals surface area (Å²) in [4.78, 5) is 2.59. The molecule has 0 bridgehead atoms. The highest BCUT2D eigenvalue weighted by molar-refractivity contribution is 5.17. The number of hydrogen-bond acceptors (Lipinski definition) is 3. The van der Waals surface area contributed by atoms with Crippen LogP contribution in [0.1, 0.15) is 49.3 Å². The van der Waals surface area contributed by atoms with Crippen LogP contribution in [0.5, 0.6) is 0 Å². The van der Waals surface area contributed by atoms with Gasteiger partial charge in [-0.3, -0.25) is 4.90 Å². The Balaban J connectivity index is 1.51. The first-order valence-corrected chi connectivity index (χ1v) is 12.4. The summed E-state index contributed by atoms with van der Waals surface area (Å²) >= 11 is 0. The van der Waals surface area contributed by atoms with Crippen LogP contribution in [-0.2, 0) is 29.2 Å². The number of hydrogen-bond donors (Lipinski definition) is 0. The highest BCUT2D eigenvalue weighted by Crippen LogP contribution is 2.31. The molecule has 3 aromatic rings. The maximum Gasteiger partial charge on any atom is 0.101 e. The Labute approximate surface area is 199 Å². The first-order chi connectivity index (χ1) is 16.3. The molecule has 0 N–H and O–H groups in total. The molecule has 1 unspecified atom stereocenters. The first kappa shape index (κ1) is 23.7. The van der Waals surface area contributed by atoms with Crippen LogP contribution in [0, 0.1) is 0 Å². The van der Waals surface area contributed by atoms with Gasteiger partial charge < -0.3 is 9.47 Å². The molecule has 3 atom stereocenters. The highest BCUT2D eigenvalue weighted by Gasteiger charge is 2.42. The number of benzene rings is 3. The summed E-state index contributed by atoms with van der Waals surface area (Å²) in [5.74, 6) is 0. The van der Waals surface area contributed by atoms with Gasteiger partial charge in [0.1, 0.15) is 6.10 Å². The average molecular weight is 444 g/mol. The molecule has 1 aliphatic rings. The molecule has 1 saturated heterocycles. The topological polar surface area (TPSA) is 21.7 Å². The predicted molar refractivity (Wildman–Crippen MR) is 135 cm³/mol. The molecule has 0 spiro atoms. The Hall–Kier alpha value is -2.46. The molecule has 1 fully saturated rings. The maximum absolute atomic E-state index is 6.63. The molecule has 3 heteroatoms. The van der Waals surface area contributed by atoms with Crippen LogP contribution < -0.4 is 0 Å². The van der Waals surface area contributed by atoms with Crippen molar-refractivity contribution in [1.29, 1.82) is 0 Å². The minimum atomic E-state index is 0.0595. The van der Waals surface area contributed by atoms with Crippen molar-refractivity contribution in [2.75, 3.05) is 6.54 Å².